The first-order valence-corrected chi connectivity index (χ1v) is 7.19. The molecule has 0 amide bonds. The van der Waals surface area contributed by atoms with E-state index in [2.05, 4.69) is 21.8 Å². The number of nitrogens with one attached hydrogen (secondary N) is 1. The highest BCUT2D eigenvalue weighted by Gasteiger charge is 2.26. The zero-order chi connectivity index (χ0) is 12.4. The van der Waals surface area contributed by atoms with Crippen LogP contribution < -0.4 is 5.32 Å². The molecule has 2 fully saturated rings. The third-order valence-corrected chi connectivity index (χ3v) is 4.38. The van der Waals surface area contributed by atoms with E-state index >= 15 is 0 Å². The van der Waals surface area contributed by atoms with Crippen molar-refractivity contribution >= 4 is 0 Å². The SMILES string of the molecule is CC1OCCC1Cn1cncc1C1CCCCN1. The third-order valence-electron chi connectivity index (χ3n) is 4.38. The van der Waals surface area contributed by atoms with Gasteiger partial charge in [0.15, 0.2) is 0 Å². The Morgan fingerprint density at radius 2 is 2.39 bits per heavy atom. The van der Waals surface area contributed by atoms with Gasteiger partial charge in [-0.15, -0.1) is 0 Å². The van der Waals surface area contributed by atoms with E-state index in [1.165, 1.54) is 31.4 Å². The van der Waals surface area contributed by atoms with Crippen molar-refractivity contribution < 1.29 is 4.74 Å². The lowest BCUT2D eigenvalue weighted by Crippen LogP contribution is -2.29. The van der Waals surface area contributed by atoms with Gasteiger partial charge in [-0.05, 0) is 32.7 Å². The van der Waals surface area contributed by atoms with Crippen LogP contribution in [0.4, 0.5) is 0 Å². The highest BCUT2D eigenvalue weighted by atomic mass is 16.5. The van der Waals surface area contributed by atoms with Crippen molar-refractivity contribution in [2.45, 2.75) is 51.3 Å². The Balaban J connectivity index is 1.70. The molecule has 0 radical (unpaired) electrons. The minimum absolute atomic E-state index is 0.388. The summed E-state index contributed by atoms with van der Waals surface area (Å²) in [7, 11) is 0. The fourth-order valence-corrected chi connectivity index (χ4v) is 3.15. The summed E-state index contributed by atoms with van der Waals surface area (Å²) >= 11 is 0. The summed E-state index contributed by atoms with van der Waals surface area (Å²) in [5.74, 6) is 0.640. The zero-order valence-electron chi connectivity index (χ0n) is 11.1. The summed E-state index contributed by atoms with van der Waals surface area (Å²) in [6.45, 7) is 5.29. The van der Waals surface area contributed by atoms with Crippen LogP contribution in [0.5, 0.6) is 0 Å². The summed E-state index contributed by atoms with van der Waals surface area (Å²) in [6.07, 6.45) is 9.45. The van der Waals surface area contributed by atoms with Gasteiger partial charge in [-0.1, -0.05) is 6.42 Å². The van der Waals surface area contributed by atoms with Crippen LogP contribution in [-0.2, 0) is 11.3 Å². The first-order chi connectivity index (χ1) is 8.84. The highest BCUT2D eigenvalue weighted by Crippen LogP contribution is 2.26. The maximum absolute atomic E-state index is 5.65. The normalized spacial score (nSPS) is 32.8. The van der Waals surface area contributed by atoms with Crippen molar-refractivity contribution in [3.05, 3.63) is 18.2 Å². The molecule has 0 bridgehead atoms. The summed E-state index contributed by atoms with van der Waals surface area (Å²) in [6, 6.07) is 0.499. The number of nitrogens with zero attached hydrogens (tertiary/aromatic N) is 2. The van der Waals surface area contributed by atoms with E-state index in [9.17, 15) is 0 Å². The van der Waals surface area contributed by atoms with Gasteiger partial charge in [0.25, 0.3) is 0 Å². The van der Waals surface area contributed by atoms with E-state index in [1.54, 1.807) is 0 Å². The molecule has 0 aliphatic carbocycles. The highest BCUT2D eigenvalue weighted by molar-refractivity contribution is 5.06. The van der Waals surface area contributed by atoms with Gasteiger partial charge in [-0.25, -0.2) is 4.98 Å². The molecular weight excluding hydrogens is 226 g/mol. The first kappa shape index (κ1) is 12.2. The fourth-order valence-electron chi connectivity index (χ4n) is 3.15. The summed E-state index contributed by atoms with van der Waals surface area (Å²) < 4.78 is 7.98. The zero-order valence-corrected chi connectivity index (χ0v) is 11.1. The lowest BCUT2D eigenvalue weighted by atomic mass is 10.0. The van der Waals surface area contributed by atoms with Crippen LogP contribution in [0.15, 0.2) is 12.5 Å². The predicted molar refractivity (Wildman–Crippen MR) is 70.3 cm³/mol. The molecule has 3 rings (SSSR count). The van der Waals surface area contributed by atoms with Crippen LogP contribution in [0, 0.1) is 5.92 Å². The number of hydrogen-bond donors (Lipinski definition) is 1. The van der Waals surface area contributed by atoms with E-state index in [-0.39, 0.29) is 0 Å². The van der Waals surface area contributed by atoms with Crippen molar-refractivity contribution in [1.29, 1.82) is 0 Å². The van der Waals surface area contributed by atoms with E-state index in [0.29, 0.717) is 18.1 Å². The Labute approximate surface area is 109 Å². The Hall–Kier alpha value is -0.870. The molecule has 2 saturated heterocycles. The smallest absolute Gasteiger partial charge is 0.0948 e. The second-order valence-electron chi connectivity index (χ2n) is 5.60. The molecule has 0 aromatic carbocycles. The standard InChI is InChI=1S/C14H23N3O/c1-11-12(5-7-18-11)9-17-10-15-8-14(17)13-4-2-3-6-16-13/h8,10-13,16H,2-7,9H2,1H3. The van der Waals surface area contributed by atoms with E-state index in [0.717, 1.165) is 19.7 Å². The van der Waals surface area contributed by atoms with Crippen LogP contribution in [0.25, 0.3) is 0 Å². The van der Waals surface area contributed by atoms with Gasteiger partial charge in [-0.3, -0.25) is 0 Å². The number of piperidine rings is 1. The van der Waals surface area contributed by atoms with Gasteiger partial charge in [0.1, 0.15) is 0 Å². The molecule has 1 aromatic heterocycles. The van der Waals surface area contributed by atoms with Crippen molar-refractivity contribution in [2.24, 2.45) is 5.92 Å². The third kappa shape index (κ3) is 2.45. The average Bonchev–Trinajstić information content (AvgIpc) is 3.01. The van der Waals surface area contributed by atoms with E-state index in [1.807, 2.05) is 12.5 Å². The molecule has 0 saturated carbocycles. The second kappa shape index (κ2) is 5.41. The minimum atomic E-state index is 0.388. The Morgan fingerprint density at radius 3 is 3.11 bits per heavy atom. The maximum atomic E-state index is 5.65. The molecule has 2 aliphatic rings. The molecule has 2 aliphatic heterocycles. The molecule has 3 heterocycles. The van der Waals surface area contributed by atoms with Gasteiger partial charge in [0.2, 0.25) is 0 Å². The molecule has 100 valence electrons. The van der Waals surface area contributed by atoms with Gasteiger partial charge >= 0.3 is 0 Å². The van der Waals surface area contributed by atoms with Crippen molar-refractivity contribution in [2.75, 3.05) is 13.2 Å². The summed E-state index contributed by atoms with van der Waals surface area (Å²) in [4.78, 5) is 4.35. The molecule has 1 aromatic rings. The number of aromatic nitrogens is 2. The quantitative estimate of drug-likeness (QED) is 0.892. The number of rotatable bonds is 3. The Morgan fingerprint density at radius 1 is 1.44 bits per heavy atom. The molecular formula is C14H23N3O. The van der Waals surface area contributed by atoms with Crippen molar-refractivity contribution in [3.8, 4) is 0 Å². The van der Waals surface area contributed by atoms with Gasteiger partial charge in [-0.2, -0.15) is 0 Å². The molecule has 4 nitrogen and oxygen atoms in total. The fraction of sp³-hybridized carbons (Fsp3) is 0.786. The van der Waals surface area contributed by atoms with Crippen molar-refractivity contribution in [3.63, 3.8) is 0 Å². The lowest BCUT2D eigenvalue weighted by Gasteiger charge is -2.25. The van der Waals surface area contributed by atoms with Crippen LogP contribution in [0.1, 0.15) is 44.3 Å². The maximum Gasteiger partial charge on any atom is 0.0948 e. The Kier molecular flexibility index (Phi) is 3.66. The first-order valence-electron chi connectivity index (χ1n) is 7.19. The van der Waals surface area contributed by atoms with Crippen molar-refractivity contribution in [1.82, 2.24) is 14.9 Å². The largest absolute Gasteiger partial charge is 0.378 e. The number of ether oxygens (including phenoxy) is 1. The molecule has 4 heteroatoms. The van der Waals surface area contributed by atoms with E-state index < -0.39 is 0 Å². The van der Waals surface area contributed by atoms with E-state index in [4.69, 9.17) is 4.74 Å². The molecule has 18 heavy (non-hydrogen) atoms. The lowest BCUT2D eigenvalue weighted by molar-refractivity contribution is 0.101. The van der Waals surface area contributed by atoms with Crippen LogP contribution >= 0.6 is 0 Å². The van der Waals surface area contributed by atoms with Gasteiger partial charge in [0, 0.05) is 31.3 Å². The minimum Gasteiger partial charge on any atom is -0.378 e. The average molecular weight is 249 g/mol. The number of hydrogen-bond acceptors (Lipinski definition) is 3. The molecule has 3 atom stereocenters. The summed E-state index contributed by atoms with van der Waals surface area (Å²) in [5.41, 5.74) is 1.36. The molecule has 1 N–H and O–H groups in total. The summed E-state index contributed by atoms with van der Waals surface area (Å²) in [5, 5.41) is 3.61. The van der Waals surface area contributed by atoms with Crippen LogP contribution in [-0.4, -0.2) is 28.8 Å². The predicted octanol–water partition coefficient (Wildman–Crippen LogP) is 2.12. The van der Waals surface area contributed by atoms with Gasteiger partial charge in [0.05, 0.1) is 18.1 Å². The monoisotopic (exact) mass is 249 g/mol. The topological polar surface area (TPSA) is 39.1 Å². The second-order valence-corrected chi connectivity index (χ2v) is 5.60. The number of imidazole rings is 1. The van der Waals surface area contributed by atoms with Gasteiger partial charge < -0.3 is 14.6 Å². The van der Waals surface area contributed by atoms with Crippen LogP contribution in [0.3, 0.4) is 0 Å². The molecule has 0 spiro atoms. The molecule has 3 unspecified atom stereocenters. The van der Waals surface area contributed by atoms with Crippen LogP contribution in [0.2, 0.25) is 0 Å². The Bertz CT molecular complexity index is 384.